The minimum absolute atomic E-state index is 0.0754. The molecule has 2 aliphatic rings. The average molecular weight is 575 g/mol. The van der Waals surface area contributed by atoms with Gasteiger partial charge in [0.2, 0.25) is 5.91 Å². The Morgan fingerprint density at radius 1 is 1.05 bits per heavy atom. The van der Waals surface area contributed by atoms with Crippen LogP contribution in [0.4, 0.5) is 32.0 Å². The Balaban J connectivity index is 1.67. The van der Waals surface area contributed by atoms with Crippen molar-refractivity contribution in [2.45, 2.75) is 48.3 Å². The van der Waals surface area contributed by atoms with E-state index in [0.717, 1.165) is 23.3 Å². The molecule has 1 aliphatic heterocycles. The smallest absolute Gasteiger partial charge is 0.369 e. The normalized spacial score (nSPS) is 18.7. The minimum atomic E-state index is -6.09. The molecular formula is C24H19F6N3O5S. The van der Waals surface area contributed by atoms with Gasteiger partial charge in [-0.3, -0.25) is 9.59 Å². The first-order valence-electron chi connectivity index (χ1n) is 11.2. The van der Waals surface area contributed by atoms with E-state index in [9.17, 15) is 54.7 Å². The lowest BCUT2D eigenvalue weighted by atomic mass is 9.92. The van der Waals surface area contributed by atoms with Crippen LogP contribution in [0.1, 0.15) is 35.6 Å². The Kier molecular flexibility index (Phi) is 6.51. The fourth-order valence-electron chi connectivity index (χ4n) is 4.40. The summed E-state index contributed by atoms with van der Waals surface area (Å²) in [4.78, 5) is 27.5. The highest BCUT2D eigenvalue weighted by atomic mass is 32.2. The van der Waals surface area contributed by atoms with Crippen LogP contribution in [0.2, 0.25) is 0 Å². The summed E-state index contributed by atoms with van der Waals surface area (Å²) in [6, 6.07) is 6.55. The highest BCUT2D eigenvalue weighted by molar-refractivity contribution is 7.90. The fraction of sp³-hybridized carbons (Fsp3) is 0.375. The monoisotopic (exact) mass is 575 g/mol. The van der Waals surface area contributed by atoms with Crippen LogP contribution >= 0.6 is 0 Å². The number of rotatable bonds is 5. The molecule has 0 spiro atoms. The van der Waals surface area contributed by atoms with E-state index in [2.05, 4.69) is 5.32 Å². The van der Waals surface area contributed by atoms with Crippen molar-refractivity contribution in [3.05, 3.63) is 59.2 Å². The molecule has 2 aromatic carbocycles. The van der Waals surface area contributed by atoms with Gasteiger partial charge in [-0.1, -0.05) is 18.2 Å². The lowest BCUT2D eigenvalue weighted by Crippen LogP contribution is -2.53. The van der Waals surface area contributed by atoms with Crippen molar-refractivity contribution >= 4 is 27.3 Å². The van der Waals surface area contributed by atoms with Gasteiger partial charge in [0.05, 0.1) is 11.0 Å². The summed E-state index contributed by atoms with van der Waals surface area (Å²) < 4.78 is 103. The van der Waals surface area contributed by atoms with E-state index in [1.807, 2.05) is 6.07 Å². The lowest BCUT2D eigenvalue weighted by Gasteiger charge is -2.32. The third kappa shape index (κ3) is 4.71. The average Bonchev–Trinajstić information content (AvgIpc) is 3.54. The third-order valence-corrected chi connectivity index (χ3v) is 7.87. The van der Waals surface area contributed by atoms with E-state index in [0.29, 0.717) is 17.7 Å². The van der Waals surface area contributed by atoms with Gasteiger partial charge in [0, 0.05) is 24.1 Å². The number of hydrogen-bond acceptors (Lipinski definition) is 6. The van der Waals surface area contributed by atoms with Gasteiger partial charge in [-0.25, -0.2) is 8.42 Å². The van der Waals surface area contributed by atoms with Gasteiger partial charge in [0.15, 0.2) is 9.84 Å². The van der Waals surface area contributed by atoms with Crippen molar-refractivity contribution < 1.29 is 49.5 Å². The first-order chi connectivity index (χ1) is 17.9. The molecule has 39 heavy (non-hydrogen) atoms. The number of carbonyl (C=O) groups excluding carboxylic acids is 2. The van der Waals surface area contributed by atoms with Crippen LogP contribution in [0.3, 0.4) is 0 Å². The Bertz CT molecular complexity index is 1480. The predicted molar refractivity (Wildman–Crippen MR) is 121 cm³/mol. The van der Waals surface area contributed by atoms with Crippen molar-refractivity contribution in [2.75, 3.05) is 11.6 Å². The van der Waals surface area contributed by atoms with E-state index in [1.54, 1.807) is 0 Å². The third-order valence-electron chi connectivity index (χ3n) is 6.76. The number of alkyl halides is 6. The summed E-state index contributed by atoms with van der Waals surface area (Å²) >= 11 is 0. The zero-order chi connectivity index (χ0) is 29.2. The topological polar surface area (TPSA) is 128 Å². The molecule has 0 radical (unpaired) electrons. The molecule has 4 rings (SSSR count). The van der Waals surface area contributed by atoms with Gasteiger partial charge in [0.25, 0.3) is 11.5 Å². The van der Waals surface area contributed by atoms with Crippen molar-refractivity contribution in [3.63, 3.8) is 0 Å². The molecule has 1 atom stereocenters. The van der Waals surface area contributed by atoms with Crippen LogP contribution < -0.4 is 5.32 Å². The van der Waals surface area contributed by atoms with Crippen LogP contribution in [-0.4, -0.2) is 48.8 Å². The van der Waals surface area contributed by atoms with Crippen LogP contribution in [0.15, 0.2) is 47.4 Å². The van der Waals surface area contributed by atoms with Crippen molar-refractivity contribution in [1.82, 2.24) is 4.90 Å². The fourth-order valence-corrected chi connectivity index (χ4v) is 5.07. The second-order valence-corrected chi connectivity index (χ2v) is 11.5. The minimum Gasteiger partial charge on any atom is -0.369 e. The Morgan fingerprint density at radius 2 is 1.62 bits per heavy atom. The predicted octanol–water partition coefficient (Wildman–Crippen LogP) is 3.73. The molecule has 0 saturated heterocycles. The SMILES string of the molecule is CS(=O)(=O)c1ccc2c(c1)CN(C(=O)C1(C#N)CC1)[C@H]2C(=O)Nc1ccc(C(O)(C(F)(F)F)C(F)(F)F)cc1. The number of halogens is 6. The maximum atomic E-state index is 13.3. The number of nitrogens with one attached hydrogen (secondary N) is 1. The summed E-state index contributed by atoms with van der Waals surface area (Å²) in [6.07, 6.45) is -10.7. The maximum absolute atomic E-state index is 13.3. The molecule has 1 heterocycles. The molecule has 208 valence electrons. The highest BCUT2D eigenvalue weighted by Crippen LogP contribution is 2.51. The summed E-state index contributed by atoms with van der Waals surface area (Å²) in [7, 11) is -3.64. The second-order valence-electron chi connectivity index (χ2n) is 9.43. The van der Waals surface area contributed by atoms with Crippen LogP contribution in [0.25, 0.3) is 0 Å². The first kappa shape index (κ1) is 28.4. The van der Waals surface area contributed by atoms with Crippen LogP contribution in [0.5, 0.6) is 0 Å². The zero-order valence-electron chi connectivity index (χ0n) is 19.9. The van der Waals surface area contributed by atoms with E-state index in [4.69, 9.17) is 0 Å². The number of fused-ring (bicyclic) bond motifs is 1. The number of sulfone groups is 1. The molecule has 8 nitrogen and oxygen atoms in total. The molecular weight excluding hydrogens is 556 g/mol. The van der Waals surface area contributed by atoms with Crippen molar-refractivity contribution in [1.29, 1.82) is 5.26 Å². The molecule has 2 amide bonds. The maximum Gasteiger partial charge on any atom is 0.430 e. The van der Waals surface area contributed by atoms with Crippen molar-refractivity contribution in [3.8, 4) is 6.07 Å². The van der Waals surface area contributed by atoms with Gasteiger partial charge in [-0.15, -0.1) is 0 Å². The summed E-state index contributed by atoms with van der Waals surface area (Å²) in [5, 5.41) is 21.3. The Hall–Kier alpha value is -3.64. The van der Waals surface area contributed by atoms with E-state index in [1.165, 1.54) is 18.2 Å². The van der Waals surface area contributed by atoms with Gasteiger partial charge in [-0.05, 0) is 48.2 Å². The second kappa shape index (κ2) is 8.95. The summed E-state index contributed by atoms with van der Waals surface area (Å²) in [6.45, 7) is -0.206. The molecule has 1 aliphatic carbocycles. The number of aliphatic hydroxyl groups is 1. The molecule has 2 N–H and O–H groups in total. The summed E-state index contributed by atoms with van der Waals surface area (Å²) in [5.41, 5.74) is -7.71. The molecule has 0 unspecified atom stereocenters. The van der Waals surface area contributed by atoms with Gasteiger partial charge < -0.3 is 15.3 Å². The van der Waals surface area contributed by atoms with Gasteiger partial charge in [-0.2, -0.15) is 31.6 Å². The standard InChI is InChI=1S/C24H19F6N3O5S/c1-39(37,38)16-6-7-17-13(10-16)11-33(20(35)21(12-31)8-9-21)18(17)19(34)32-15-4-2-14(3-5-15)22(36,23(25,26)27)24(28,29)30/h2-7,10,18,36H,8-9,11H2,1H3,(H,32,34)/t18-/m1/s1. The number of benzene rings is 2. The first-order valence-corrected chi connectivity index (χ1v) is 13.1. The number of nitriles is 1. The molecule has 15 heteroatoms. The van der Waals surface area contributed by atoms with Crippen molar-refractivity contribution in [2.24, 2.45) is 5.41 Å². The number of anilines is 1. The van der Waals surface area contributed by atoms with Crippen LogP contribution in [0, 0.1) is 16.7 Å². The molecule has 2 aromatic rings. The van der Waals surface area contributed by atoms with E-state index in [-0.39, 0.29) is 35.5 Å². The molecule has 1 fully saturated rings. The van der Waals surface area contributed by atoms with E-state index < -0.39 is 56.6 Å². The highest BCUT2D eigenvalue weighted by Gasteiger charge is 2.71. The van der Waals surface area contributed by atoms with Gasteiger partial charge in [0.1, 0.15) is 11.5 Å². The molecule has 1 saturated carbocycles. The molecule has 0 bridgehead atoms. The molecule has 0 aromatic heterocycles. The van der Waals surface area contributed by atoms with E-state index >= 15 is 0 Å². The lowest BCUT2D eigenvalue weighted by molar-refractivity contribution is -0.376. The number of nitrogens with zero attached hydrogens (tertiary/aromatic N) is 2. The quantitative estimate of drug-likeness (QED) is 0.524. The largest absolute Gasteiger partial charge is 0.430 e. The summed E-state index contributed by atoms with van der Waals surface area (Å²) in [5.74, 6) is -1.57. The number of carbonyl (C=O) groups is 2. The zero-order valence-corrected chi connectivity index (χ0v) is 20.7. The van der Waals surface area contributed by atoms with Gasteiger partial charge >= 0.3 is 12.4 Å². The number of hydrogen-bond donors (Lipinski definition) is 2. The Labute approximate surface area is 217 Å². The Morgan fingerprint density at radius 3 is 2.08 bits per heavy atom. The number of amides is 2. The van der Waals surface area contributed by atoms with Crippen LogP contribution in [-0.2, 0) is 31.6 Å².